The predicted molar refractivity (Wildman–Crippen MR) is 108 cm³/mol. The Labute approximate surface area is 167 Å². The van der Waals surface area contributed by atoms with Gasteiger partial charge in [0.1, 0.15) is 11.6 Å². The van der Waals surface area contributed by atoms with Crippen LogP contribution in [0.15, 0.2) is 36.7 Å². The van der Waals surface area contributed by atoms with Gasteiger partial charge >= 0.3 is 0 Å². The summed E-state index contributed by atoms with van der Waals surface area (Å²) in [6, 6.07) is 7.05. The Kier molecular flexibility index (Phi) is 6.83. The normalized spacial score (nSPS) is 18.5. The molecule has 1 aliphatic heterocycles. The second-order valence-electron chi connectivity index (χ2n) is 8.02. The molecule has 0 saturated carbocycles. The summed E-state index contributed by atoms with van der Waals surface area (Å²) >= 11 is 0. The summed E-state index contributed by atoms with van der Waals surface area (Å²) < 4.78 is 15.2. The lowest BCUT2D eigenvalue weighted by Crippen LogP contribution is -2.45. The summed E-state index contributed by atoms with van der Waals surface area (Å²) in [5.41, 5.74) is 1.11. The van der Waals surface area contributed by atoms with Crippen LogP contribution in [0.4, 0.5) is 4.39 Å². The Balaban J connectivity index is 1.63. The fourth-order valence-electron chi connectivity index (χ4n) is 3.96. The van der Waals surface area contributed by atoms with Gasteiger partial charge in [0.25, 0.3) is 0 Å². The molecule has 2 heterocycles. The number of aromatic nitrogens is 2. The van der Waals surface area contributed by atoms with E-state index in [1.165, 1.54) is 12.1 Å². The maximum Gasteiger partial charge on any atom is 0.224 e. The Bertz CT molecular complexity index is 771. The van der Waals surface area contributed by atoms with E-state index in [0.717, 1.165) is 44.0 Å². The molecule has 6 heteroatoms. The molecule has 1 saturated heterocycles. The van der Waals surface area contributed by atoms with E-state index in [1.807, 2.05) is 34.7 Å². The van der Waals surface area contributed by atoms with Gasteiger partial charge in [0, 0.05) is 57.6 Å². The Morgan fingerprint density at radius 2 is 2.00 bits per heavy atom. The highest BCUT2D eigenvalue weighted by Gasteiger charge is 2.29. The van der Waals surface area contributed by atoms with Gasteiger partial charge in [-0.25, -0.2) is 9.37 Å². The number of rotatable bonds is 6. The number of hydrogen-bond acceptors (Lipinski definition) is 3. The minimum Gasteiger partial charge on any atom is -0.341 e. The Morgan fingerprint density at radius 3 is 2.64 bits per heavy atom. The van der Waals surface area contributed by atoms with Crippen LogP contribution in [0.5, 0.6) is 0 Å². The van der Waals surface area contributed by atoms with E-state index in [1.54, 1.807) is 6.20 Å². The van der Waals surface area contributed by atoms with Crippen LogP contribution in [-0.4, -0.2) is 50.9 Å². The minimum atomic E-state index is -0.204. The van der Waals surface area contributed by atoms with Crippen molar-refractivity contribution < 1.29 is 9.18 Å². The average molecular weight is 387 g/mol. The van der Waals surface area contributed by atoms with E-state index in [9.17, 15) is 9.18 Å². The van der Waals surface area contributed by atoms with Crippen molar-refractivity contribution in [3.05, 3.63) is 53.9 Å². The van der Waals surface area contributed by atoms with E-state index in [4.69, 9.17) is 0 Å². The number of benzene rings is 1. The first-order chi connectivity index (χ1) is 13.4. The largest absolute Gasteiger partial charge is 0.341 e. The molecular weight excluding hydrogens is 355 g/mol. The van der Waals surface area contributed by atoms with Gasteiger partial charge in [-0.1, -0.05) is 26.0 Å². The van der Waals surface area contributed by atoms with E-state index in [0.29, 0.717) is 24.9 Å². The van der Waals surface area contributed by atoms with Crippen LogP contribution in [0.1, 0.15) is 38.1 Å². The minimum absolute atomic E-state index is 0.204. The van der Waals surface area contributed by atoms with Crippen LogP contribution >= 0.6 is 0 Å². The van der Waals surface area contributed by atoms with Crippen molar-refractivity contribution in [3.8, 4) is 0 Å². The third-order valence-corrected chi connectivity index (χ3v) is 5.66. The van der Waals surface area contributed by atoms with Gasteiger partial charge in [0.05, 0.1) is 0 Å². The second-order valence-corrected chi connectivity index (χ2v) is 8.02. The molecule has 28 heavy (non-hydrogen) atoms. The molecule has 0 bridgehead atoms. The molecule has 1 aliphatic rings. The molecule has 1 aromatic heterocycles. The zero-order valence-corrected chi connectivity index (χ0v) is 17.1. The van der Waals surface area contributed by atoms with Crippen LogP contribution in [0.25, 0.3) is 0 Å². The predicted octanol–water partition coefficient (Wildman–Crippen LogP) is 3.48. The van der Waals surface area contributed by atoms with Crippen molar-refractivity contribution in [2.45, 2.75) is 52.7 Å². The summed E-state index contributed by atoms with van der Waals surface area (Å²) in [4.78, 5) is 21.6. The fourth-order valence-corrected chi connectivity index (χ4v) is 3.96. The van der Waals surface area contributed by atoms with E-state index in [2.05, 4.69) is 23.7 Å². The third-order valence-electron chi connectivity index (χ3n) is 5.66. The highest BCUT2D eigenvalue weighted by atomic mass is 19.1. The SMILES string of the molecule is Cc1nccn1CCC(=O)N1CCCN(Cc2ccc(F)cc2)[C@H](C(C)C)C1. The molecule has 152 valence electrons. The lowest BCUT2D eigenvalue weighted by atomic mass is 10.0. The average Bonchev–Trinajstić information content (AvgIpc) is 2.95. The summed E-state index contributed by atoms with van der Waals surface area (Å²) in [6.07, 6.45) is 5.15. The van der Waals surface area contributed by atoms with Crippen LogP contribution in [0, 0.1) is 18.7 Å². The zero-order valence-electron chi connectivity index (χ0n) is 17.1. The summed E-state index contributed by atoms with van der Waals surface area (Å²) in [5, 5.41) is 0. The summed E-state index contributed by atoms with van der Waals surface area (Å²) in [6.45, 7) is 10.3. The van der Waals surface area contributed by atoms with Gasteiger partial charge in [0.2, 0.25) is 5.91 Å². The van der Waals surface area contributed by atoms with Crippen molar-refractivity contribution in [1.82, 2.24) is 19.4 Å². The van der Waals surface area contributed by atoms with Gasteiger partial charge in [-0.2, -0.15) is 0 Å². The first kappa shape index (κ1) is 20.5. The second kappa shape index (κ2) is 9.32. The molecule has 0 N–H and O–H groups in total. The van der Waals surface area contributed by atoms with Gasteiger partial charge in [-0.15, -0.1) is 0 Å². The molecule has 0 spiro atoms. The molecule has 1 fully saturated rings. The first-order valence-corrected chi connectivity index (χ1v) is 10.2. The maximum absolute atomic E-state index is 13.2. The quantitative estimate of drug-likeness (QED) is 0.763. The molecule has 3 rings (SSSR count). The zero-order chi connectivity index (χ0) is 20.1. The van der Waals surface area contributed by atoms with Crippen LogP contribution in [0.3, 0.4) is 0 Å². The molecule has 0 aliphatic carbocycles. The van der Waals surface area contributed by atoms with Gasteiger partial charge in [-0.05, 0) is 37.0 Å². The molecule has 1 amide bonds. The number of carbonyl (C=O) groups excluding carboxylic acids is 1. The van der Waals surface area contributed by atoms with Crippen molar-refractivity contribution >= 4 is 5.91 Å². The highest BCUT2D eigenvalue weighted by molar-refractivity contribution is 5.76. The number of nitrogens with zero attached hydrogens (tertiary/aromatic N) is 4. The van der Waals surface area contributed by atoms with Crippen LogP contribution in [0.2, 0.25) is 0 Å². The highest BCUT2D eigenvalue weighted by Crippen LogP contribution is 2.21. The maximum atomic E-state index is 13.2. The van der Waals surface area contributed by atoms with Crippen molar-refractivity contribution in [2.24, 2.45) is 5.92 Å². The van der Waals surface area contributed by atoms with Crippen molar-refractivity contribution in [3.63, 3.8) is 0 Å². The number of halogens is 1. The molecular formula is C22H31FN4O. The topological polar surface area (TPSA) is 41.4 Å². The molecule has 0 unspecified atom stereocenters. The molecule has 2 aromatic rings. The Morgan fingerprint density at radius 1 is 1.25 bits per heavy atom. The fraction of sp³-hybridized carbons (Fsp3) is 0.545. The van der Waals surface area contributed by atoms with Crippen molar-refractivity contribution in [2.75, 3.05) is 19.6 Å². The van der Waals surface area contributed by atoms with E-state index >= 15 is 0 Å². The van der Waals surface area contributed by atoms with E-state index < -0.39 is 0 Å². The molecule has 1 aromatic carbocycles. The summed E-state index contributed by atoms with van der Waals surface area (Å²) in [5.74, 6) is 1.38. The molecule has 5 nitrogen and oxygen atoms in total. The van der Waals surface area contributed by atoms with Gasteiger partial charge in [0.15, 0.2) is 0 Å². The van der Waals surface area contributed by atoms with Crippen LogP contribution < -0.4 is 0 Å². The van der Waals surface area contributed by atoms with Crippen LogP contribution in [-0.2, 0) is 17.9 Å². The number of hydrogen-bond donors (Lipinski definition) is 0. The first-order valence-electron chi connectivity index (χ1n) is 10.2. The monoisotopic (exact) mass is 386 g/mol. The lowest BCUT2D eigenvalue weighted by molar-refractivity contribution is -0.132. The number of aryl methyl sites for hydroxylation is 2. The molecule has 0 radical (unpaired) electrons. The van der Waals surface area contributed by atoms with Crippen molar-refractivity contribution in [1.29, 1.82) is 0 Å². The Hall–Kier alpha value is -2.21. The molecule has 1 atom stereocenters. The lowest BCUT2D eigenvalue weighted by Gasteiger charge is -2.34. The van der Waals surface area contributed by atoms with Gasteiger partial charge in [-0.3, -0.25) is 9.69 Å². The summed E-state index contributed by atoms with van der Waals surface area (Å²) in [7, 11) is 0. The van der Waals surface area contributed by atoms with Gasteiger partial charge < -0.3 is 9.47 Å². The number of carbonyl (C=O) groups is 1. The number of imidazole rings is 1. The number of amides is 1. The van der Waals surface area contributed by atoms with E-state index in [-0.39, 0.29) is 11.7 Å². The third kappa shape index (κ3) is 5.19. The standard InChI is InChI=1S/C22H31FN4O/c1-17(2)21-16-27(22(28)9-13-25-14-10-24-18(25)3)12-4-11-26(21)15-19-5-7-20(23)8-6-19/h5-8,10,14,17,21H,4,9,11-13,15-16H2,1-3H3/t21-/m0/s1. The smallest absolute Gasteiger partial charge is 0.224 e.